The molecule has 0 saturated carbocycles. The van der Waals surface area contributed by atoms with Crippen LogP contribution in [0.3, 0.4) is 0 Å². The standard InChI is InChI=1S/C102H63N7OS2/c1-4-21-62(22-5-1)70-53-55-91-85(60-70)80-38-18-37-79(96(80)111-91)74-30-16-32-76(59-74)100-104-98(68-25-8-3-9-26-68)107-102(108-100)109-87-41-12-10-33-82(87)93-77(35-19-42-88(93)109)72-28-14-27-69(57-72)65-49-45-63(46-50-65)64-47-51-66(52-48-64)71-54-56-92-86(61-71)81-39-17-36-78(95(81)112-92)73-29-15-31-75(58-73)99-103-97(67-23-6-2-7-24-67)105-101(106-99)84-40-20-44-90-94(84)83-34-11-13-43-89(83)110-90/h1-58,60-61,76H,59H2. The molecule has 0 aliphatic heterocycles. The zero-order valence-corrected chi connectivity index (χ0v) is 61.9. The second kappa shape index (κ2) is 26.9. The fourth-order valence-electron chi connectivity index (χ4n) is 16.7. The van der Waals surface area contributed by atoms with E-state index in [-0.39, 0.29) is 5.92 Å². The highest BCUT2D eigenvalue weighted by Crippen LogP contribution is 2.47. The second-order valence-electron chi connectivity index (χ2n) is 28.7. The van der Waals surface area contributed by atoms with Crippen LogP contribution in [0.15, 0.2) is 368 Å². The van der Waals surface area contributed by atoms with Crippen LogP contribution in [0.5, 0.6) is 0 Å². The molecule has 1 aliphatic carbocycles. The molecular formula is C102H63N7OS2. The molecule has 112 heavy (non-hydrogen) atoms. The number of furan rings is 1. The van der Waals surface area contributed by atoms with Gasteiger partial charge in [0.25, 0.3) is 0 Å². The lowest BCUT2D eigenvalue weighted by molar-refractivity contribution is 0.669. The van der Waals surface area contributed by atoms with Crippen LogP contribution in [0.1, 0.15) is 23.7 Å². The summed E-state index contributed by atoms with van der Waals surface area (Å²) in [6, 6.07) is 123. The maximum atomic E-state index is 6.32. The van der Waals surface area contributed by atoms with Crippen LogP contribution in [0.2, 0.25) is 0 Å². The summed E-state index contributed by atoms with van der Waals surface area (Å²) in [5.74, 6) is 3.66. The Morgan fingerprint density at radius 1 is 0.286 bits per heavy atom. The highest BCUT2D eigenvalue weighted by Gasteiger charge is 2.27. The molecule has 6 heterocycles. The van der Waals surface area contributed by atoms with E-state index in [9.17, 15) is 0 Å². The van der Waals surface area contributed by atoms with Crippen molar-refractivity contribution in [1.82, 2.24) is 34.5 Å². The van der Waals surface area contributed by atoms with Gasteiger partial charge in [-0.3, -0.25) is 4.57 Å². The van der Waals surface area contributed by atoms with E-state index in [0.29, 0.717) is 29.2 Å². The highest BCUT2D eigenvalue weighted by molar-refractivity contribution is 7.26. The Balaban J connectivity index is 0.540. The normalized spacial score (nSPS) is 13.1. The summed E-state index contributed by atoms with van der Waals surface area (Å²) < 4.78 is 13.6. The van der Waals surface area contributed by atoms with Crippen molar-refractivity contribution in [1.29, 1.82) is 0 Å². The molecule has 0 radical (unpaired) electrons. The number of hydrogen-bond donors (Lipinski definition) is 0. The first kappa shape index (κ1) is 65.0. The Morgan fingerprint density at radius 3 is 1.42 bits per heavy atom. The van der Waals surface area contributed by atoms with Gasteiger partial charge in [0.05, 0.1) is 11.0 Å². The zero-order valence-electron chi connectivity index (χ0n) is 60.3. The predicted molar refractivity (Wildman–Crippen MR) is 466 cm³/mol. The van der Waals surface area contributed by atoms with Crippen LogP contribution < -0.4 is 0 Å². The maximum absolute atomic E-state index is 6.32. The maximum Gasteiger partial charge on any atom is 0.238 e. The summed E-state index contributed by atoms with van der Waals surface area (Å²) >= 11 is 3.70. The van der Waals surface area contributed by atoms with Gasteiger partial charge in [0.15, 0.2) is 23.3 Å². The molecular weight excluding hydrogens is 1400 g/mol. The van der Waals surface area contributed by atoms with Crippen molar-refractivity contribution in [2.45, 2.75) is 12.3 Å². The second-order valence-corrected chi connectivity index (χ2v) is 30.8. The Morgan fingerprint density at radius 2 is 0.732 bits per heavy atom. The van der Waals surface area contributed by atoms with Crippen LogP contribution in [0.25, 0.3) is 208 Å². The number of para-hydroxylation sites is 2. The third kappa shape index (κ3) is 11.3. The van der Waals surface area contributed by atoms with Crippen LogP contribution in [0, 0.1) is 0 Å². The van der Waals surface area contributed by atoms with Crippen LogP contribution in [-0.4, -0.2) is 34.5 Å². The number of fused-ring (bicyclic) bond motifs is 12. The van der Waals surface area contributed by atoms with Gasteiger partial charge in [-0.25, -0.2) is 19.9 Å². The number of allylic oxidation sites excluding steroid dienone is 4. The molecule has 1 atom stereocenters. The lowest BCUT2D eigenvalue weighted by Crippen LogP contribution is -2.12. The van der Waals surface area contributed by atoms with Gasteiger partial charge in [0.2, 0.25) is 5.95 Å². The van der Waals surface area contributed by atoms with Crippen molar-refractivity contribution >= 4 is 112 Å². The molecule has 21 aromatic rings. The van der Waals surface area contributed by atoms with Crippen molar-refractivity contribution in [3.63, 3.8) is 0 Å². The minimum absolute atomic E-state index is 0.100. The van der Waals surface area contributed by atoms with Gasteiger partial charge < -0.3 is 4.42 Å². The van der Waals surface area contributed by atoms with Gasteiger partial charge >= 0.3 is 0 Å². The molecule has 22 rings (SSSR count). The molecule has 8 nitrogen and oxygen atoms in total. The van der Waals surface area contributed by atoms with Gasteiger partial charge in [0.1, 0.15) is 17.0 Å². The molecule has 0 bridgehead atoms. The number of aromatic nitrogens is 7. The fourth-order valence-corrected chi connectivity index (χ4v) is 19.1. The number of nitrogens with zero attached hydrogens (tertiary/aromatic N) is 7. The molecule has 10 heteroatoms. The van der Waals surface area contributed by atoms with Crippen LogP contribution >= 0.6 is 22.7 Å². The molecule has 15 aromatic carbocycles. The van der Waals surface area contributed by atoms with Crippen molar-refractivity contribution in [3.8, 4) is 118 Å². The SMILES string of the molecule is C1=CC(c2nc(-c3ccccc3)nc(-n3c4ccccc4c4c(-c5cccc(-c6ccc(-c7ccc(-c8ccc9sc%10c(-c%11cccc(-c%12nc(-c%13ccccc%13)nc(-c%13cccc%14oc%15ccccc%15c%13%14)n%12)c%11)cccc%10c9c8)cc7)cc6)c5)cccc43)n2)CC(c2cccc3c2sc2ccc(-c4ccccc4)cc23)=C1. The predicted octanol–water partition coefficient (Wildman–Crippen LogP) is 27.6. The molecule has 6 aromatic heterocycles. The fraction of sp³-hybridized carbons (Fsp3) is 0.0196. The molecule has 0 N–H and O–H groups in total. The van der Waals surface area contributed by atoms with E-state index < -0.39 is 0 Å². The van der Waals surface area contributed by atoms with Crippen molar-refractivity contribution < 1.29 is 4.42 Å². The first-order valence-electron chi connectivity index (χ1n) is 37.8. The van der Waals surface area contributed by atoms with Crippen molar-refractivity contribution in [3.05, 3.63) is 375 Å². The molecule has 524 valence electrons. The third-order valence-corrected chi connectivity index (χ3v) is 24.6. The number of rotatable bonds is 13. The number of hydrogen-bond acceptors (Lipinski definition) is 9. The van der Waals surface area contributed by atoms with Crippen LogP contribution in [-0.2, 0) is 0 Å². The molecule has 0 spiro atoms. The Hall–Kier alpha value is -14.2. The smallest absolute Gasteiger partial charge is 0.238 e. The first-order valence-corrected chi connectivity index (χ1v) is 39.4. The molecule has 0 fully saturated rings. The van der Waals surface area contributed by atoms with E-state index in [1.165, 1.54) is 73.7 Å². The molecule has 0 saturated heterocycles. The topological polar surface area (TPSA) is 95.4 Å². The lowest BCUT2D eigenvalue weighted by atomic mass is 9.89. The van der Waals surface area contributed by atoms with E-state index in [2.05, 4.69) is 302 Å². The Labute approximate surface area is 652 Å². The van der Waals surface area contributed by atoms with E-state index in [1.54, 1.807) is 0 Å². The lowest BCUT2D eigenvalue weighted by Gasteiger charge is -2.20. The minimum atomic E-state index is -0.100. The quantitative estimate of drug-likeness (QED) is 0.113. The average Bonchev–Trinajstić information content (AvgIpc) is 1.58. The van der Waals surface area contributed by atoms with Gasteiger partial charge in [0, 0.05) is 90.1 Å². The average molecular weight is 1470 g/mol. The monoisotopic (exact) mass is 1470 g/mol. The summed E-state index contributed by atoms with van der Waals surface area (Å²) in [5.41, 5.74) is 23.7. The summed E-state index contributed by atoms with van der Waals surface area (Å²) in [5, 5.41) is 9.30. The van der Waals surface area contributed by atoms with Gasteiger partial charge in [-0.15, -0.1) is 22.7 Å². The van der Waals surface area contributed by atoms with E-state index in [4.69, 9.17) is 34.3 Å². The largest absolute Gasteiger partial charge is 0.456 e. The van der Waals surface area contributed by atoms with Gasteiger partial charge in [-0.2, -0.15) is 9.97 Å². The van der Waals surface area contributed by atoms with Crippen molar-refractivity contribution in [2.75, 3.05) is 0 Å². The number of thiophene rings is 2. The third-order valence-electron chi connectivity index (χ3n) is 22.1. The molecule has 1 aliphatic rings. The highest BCUT2D eigenvalue weighted by atomic mass is 32.1. The zero-order chi connectivity index (χ0) is 73.7. The summed E-state index contributed by atoms with van der Waals surface area (Å²) in [6.07, 6.45) is 7.46. The summed E-state index contributed by atoms with van der Waals surface area (Å²) in [4.78, 5) is 31.7. The van der Waals surface area contributed by atoms with Gasteiger partial charge in [-0.1, -0.05) is 303 Å². The summed E-state index contributed by atoms with van der Waals surface area (Å²) in [7, 11) is 0. The van der Waals surface area contributed by atoms with E-state index in [1.807, 2.05) is 89.4 Å². The minimum Gasteiger partial charge on any atom is -0.456 e. The number of benzene rings is 15. The molecule has 0 amide bonds. The van der Waals surface area contributed by atoms with E-state index in [0.717, 1.165) is 123 Å². The van der Waals surface area contributed by atoms with Crippen LogP contribution in [0.4, 0.5) is 0 Å². The molecule has 1 unspecified atom stereocenters. The van der Waals surface area contributed by atoms with E-state index >= 15 is 0 Å². The Kier molecular flexibility index (Phi) is 15.6. The Bertz CT molecular complexity index is 7400. The summed E-state index contributed by atoms with van der Waals surface area (Å²) in [6.45, 7) is 0. The first-order chi connectivity index (χ1) is 55.5. The van der Waals surface area contributed by atoms with Gasteiger partial charge in [-0.05, 0) is 145 Å². The van der Waals surface area contributed by atoms with Crippen molar-refractivity contribution in [2.24, 2.45) is 0 Å².